The molecule has 1 aromatic rings. The molecule has 1 atom stereocenters. The van der Waals surface area contributed by atoms with E-state index in [1.165, 1.54) is 0 Å². The smallest absolute Gasteiger partial charge is 0.240 e. The van der Waals surface area contributed by atoms with Crippen molar-refractivity contribution in [2.24, 2.45) is 0 Å². The Labute approximate surface area is 127 Å². The first-order chi connectivity index (χ1) is 8.66. The maximum absolute atomic E-state index is 12.8. The van der Waals surface area contributed by atoms with E-state index in [2.05, 4.69) is 26.1 Å². The molecule has 2 nitrogen and oxygen atoms in total. The zero-order valence-corrected chi connectivity index (χ0v) is 12.9. The average Bonchev–Trinajstić information content (AvgIpc) is 2.38. The second-order valence-electron chi connectivity index (χ2n) is 4.48. The van der Waals surface area contributed by atoms with Crippen LogP contribution < -0.4 is 5.32 Å². The van der Waals surface area contributed by atoms with Crippen LogP contribution in [0.5, 0.6) is 0 Å². The van der Waals surface area contributed by atoms with Gasteiger partial charge in [0, 0.05) is 43.1 Å². The number of nitrogens with one attached hydrogen (secondary N) is 1. The number of halogens is 4. The molecule has 0 bridgehead atoms. The van der Waals surface area contributed by atoms with Crippen LogP contribution in [0.4, 0.5) is 8.78 Å². The van der Waals surface area contributed by atoms with Gasteiger partial charge in [0.15, 0.2) is 0 Å². The van der Waals surface area contributed by atoms with Gasteiger partial charge in [-0.15, -0.1) is 12.4 Å². The van der Waals surface area contributed by atoms with Crippen molar-refractivity contribution < 1.29 is 8.78 Å². The molecule has 108 valence electrons. The van der Waals surface area contributed by atoms with Crippen LogP contribution in [-0.4, -0.2) is 37.5 Å². The molecule has 6 heteroatoms. The van der Waals surface area contributed by atoms with Crippen LogP contribution in [0, 0.1) is 0 Å². The Hall–Kier alpha value is -0.230. The highest BCUT2D eigenvalue weighted by Gasteiger charge is 2.25. The van der Waals surface area contributed by atoms with Gasteiger partial charge in [0.2, 0.25) is 6.43 Å². The maximum Gasteiger partial charge on any atom is 0.240 e. The Morgan fingerprint density at radius 1 is 1.16 bits per heavy atom. The molecule has 2 rings (SSSR count). The van der Waals surface area contributed by atoms with E-state index >= 15 is 0 Å². The van der Waals surface area contributed by atoms with Crippen molar-refractivity contribution in [2.75, 3.05) is 26.2 Å². The minimum atomic E-state index is -2.27. The number of piperazine rings is 1. The first-order valence-corrected chi connectivity index (χ1v) is 6.94. The quantitative estimate of drug-likeness (QED) is 0.889. The molecule has 1 aliphatic heterocycles. The van der Waals surface area contributed by atoms with Crippen molar-refractivity contribution in [3.8, 4) is 0 Å². The number of benzene rings is 1. The SMILES string of the molecule is Cl.FC(F)C[C@H](c1ccc(Br)cc1)N1CCNCC1. The summed E-state index contributed by atoms with van der Waals surface area (Å²) in [5, 5.41) is 3.25. The van der Waals surface area contributed by atoms with Crippen LogP contribution in [0.3, 0.4) is 0 Å². The highest BCUT2D eigenvalue weighted by Crippen LogP contribution is 2.28. The van der Waals surface area contributed by atoms with E-state index in [-0.39, 0.29) is 24.9 Å². The maximum atomic E-state index is 12.8. The average molecular weight is 356 g/mol. The molecule has 1 fully saturated rings. The van der Waals surface area contributed by atoms with Crippen molar-refractivity contribution in [1.29, 1.82) is 0 Å². The molecule has 0 unspecified atom stereocenters. The van der Waals surface area contributed by atoms with Crippen LogP contribution >= 0.6 is 28.3 Å². The molecule has 0 spiro atoms. The zero-order chi connectivity index (χ0) is 13.0. The molecule has 0 amide bonds. The molecular formula is C13H18BrClF2N2. The Morgan fingerprint density at radius 2 is 1.74 bits per heavy atom. The summed E-state index contributed by atoms with van der Waals surface area (Å²) in [5.74, 6) is 0. The topological polar surface area (TPSA) is 15.3 Å². The first kappa shape index (κ1) is 16.8. The number of rotatable bonds is 4. The number of hydrogen-bond acceptors (Lipinski definition) is 2. The molecule has 0 radical (unpaired) electrons. The molecule has 1 N–H and O–H groups in total. The van der Waals surface area contributed by atoms with Crippen molar-refractivity contribution >= 4 is 28.3 Å². The normalized spacial score (nSPS) is 18.1. The monoisotopic (exact) mass is 354 g/mol. The summed E-state index contributed by atoms with van der Waals surface area (Å²) in [6.07, 6.45) is -2.37. The summed E-state index contributed by atoms with van der Waals surface area (Å²) >= 11 is 3.37. The van der Waals surface area contributed by atoms with E-state index in [1.54, 1.807) is 0 Å². The predicted molar refractivity (Wildman–Crippen MR) is 79.2 cm³/mol. The van der Waals surface area contributed by atoms with Crippen molar-refractivity contribution in [3.05, 3.63) is 34.3 Å². The fraction of sp³-hybridized carbons (Fsp3) is 0.538. The van der Waals surface area contributed by atoms with Gasteiger partial charge in [-0.3, -0.25) is 4.90 Å². The van der Waals surface area contributed by atoms with Gasteiger partial charge in [0.05, 0.1) is 0 Å². The zero-order valence-electron chi connectivity index (χ0n) is 10.5. The fourth-order valence-electron chi connectivity index (χ4n) is 2.34. The molecule has 1 heterocycles. The number of alkyl halides is 2. The molecule has 0 aliphatic carbocycles. The summed E-state index contributed by atoms with van der Waals surface area (Å²) < 4.78 is 26.5. The van der Waals surface area contributed by atoms with Gasteiger partial charge < -0.3 is 5.32 Å². The lowest BCUT2D eigenvalue weighted by Gasteiger charge is -2.35. The third-order valence-electron chi connectivity index (χ3n) is 3.25. The van der Waals surface area contributed by atoms with Gasteiger partial charge in [0.1, 0.15) is 0 Å². The fourth-order valence-corrected chi connectivity index (χ4v) is 2.61. The second-order valence-corrected chi connectivity index (χ2v) is 5.40. The molecule has 1 aliphatic rings. The van der Waals surface area contributed by atoms with Crippen LogP contribution in [0.2, 0.25) is 0 Å². The van der Waals surface area contributed by atoms with Gasteiger partial charge in [-0.1, -0.05) is 28.1 Å². The Kier molecular flexibility index (Phi) is 7.21. The molecule has 1 aromatic carbocycles. The van der Waals surface area contributed by atoms with Gasteiger partial charge in [-0.25, -0.2) is 8.78 Å². The summed E-state index contributed by atoms with van der Waals surface area (Å²) in [6.45, 7) is 3.40. The van der Waals surface area contributed by atoms with Gasteiger partial charge >= 0.3 is 0 Å². The second kappa shape index (κ2) is 8.15. The minimum absolute atomic E-state index is 0. The summed E-state index contributed by atoms with van der Waals surface area (Å²) in [4.78, 5) is 2.14. The lowest BCUT2D eigenvalue weighted by molar-refractivity contribution is 0.0739. The van der Waals surface area contributed by atoms with Crippen LogP contribution in [0.1, 0.15) is 18.0 Å². The molecule has 1 saturated heterocycles. The van der Waals surface area contributed by atoms with Crippen LogP contribution in [-0.2, 0) is 0 Å². The third kappa shape index (κ3) is 4.99. The first-order valence-electron chi connectivity index (χ1n) is 6.15. The highest BCUT2D eigenvalue weighted by molar-refractivity contribution is 9.10. The molecule has 0 saturated carbocycles. The van der Waals surface area contributed by atoms with Crippen molar-refractivity contribution in [2.45, 2.75) is 18.9 Å². The predicted octanol–water partition coefficient (Wildman–Crippen LogP) is 3.47. The van der Waals surface area contributed by atoms with Crippen molar-refractivity contribution in [1.82, 2.24) is 10.2 Å². The van der Waals surface area contributed by atoms with E-state index in [0.29, 0.717) is 0 Å². The largest absolute Gasteiger partial charge is 0.314 e. The van der Waals surface area contributed by atoms with E-state index in [4.69, 9.17) is 0 Å². The highest BCUT2D eigenvalue weighted by atomic mass is 79.9. The van der Waals surface area contributed by atoms with Crippen LogP contribution in [0.15, 0.2) is 28.7 Å². The number of nitrogens with zero attached hydrogens (tertiary/aromatic N) is 1. The summed E-state index contributed by atoms with van der Waals surface area (Å²) in [7, 11) is 0. The lowest BCUT2D eigenvalue weighted by Crippen LogP contribution is -2.45. The number of hydrogen-bond donors (Lipinski definition) is 1. The third-order valence-corrected chi connectivity index (χ3v) is 3.78. The molecular weight excluding hydrogens is 338 g/mol. The summed E-state index contributed by atoms with van der Waals surface area (Å²) in [5.41, 5.74) is 0.973. The Morgan fingerprint density at radius 3 is 2.26 bits per heavy atom. The van der Waals surface area contributed by atoms with Gasteiger partial charge in [0.25, 0.3) is 0 Å². The van der Waals surface area contributed by atoms with E-state index < -0.39 is 6.43 Å². The standard InChI is InChI=1S/C13H17BrF2N2.ClH/c14-11-3-1-10(2-4-11)12(9-13(15)16)18-7-5-17-6-8-18;/h1-4,12-13,17H,5-9H2;1H/t12-;/m1./s1. The van der Waals surface area contributed by atoms with Gasteiger partial charge in [-0.2, -0.15) is 0 Å². The van der Waals surface area contributed by atoms with E-state index in [1.807, 2.05) is 24.3 Å². The van der Waals surface area contributed by atoms with Crippen LogP contribution in [0.25, 0.3) is 0 Å². The van der Waals surface area contributed by atoms with Gasteiger partial charge in [-0.05, 0) is 17.7 Å². The molecule has 19 heavy (non-hydrogen) atoms. The minimum Gasteiger partial charge on any atom is -0.314 e. The summed E-state index contributed by atoms with van der Waals surface area (Å²) in [6, 6.07) is 7.50. The van der Waals surface area contributed by atoms with E-state index in [9.17, 15) is 8.78 Å². The van der Waals surface area contributed by atoms with E-state index in [0.717, 1.165) is 36.2 Å². The van der Waals surface area contributed by atoms with Crippen molar-refractivity contribution in [3.63, 3.8) is 0 Å². The Balaban J connectivity index is 0.00000180. The lowest BCUT2D eigenvalue weighted by atomic mass is 10.0. The molecule has 0 aromatic heterocycles. The Bertz CT molecular complexity index is 369.